The largest absolute Gasteiger partial charge is 0.454 e. The lowest BCUT2D eigenvalue weighted by Gasteiger charge is -2.06. The molecule has 0 unspecified atom stereocenters. The smallest absolute Gasteiger partial charge is 0.287 e. The van der Waals surface area contributed by atoms with E-state index in [1.807, 2.05) is 42.6 Å². The number of pyridine rings is 1. The van der Waals surface area contributed by atoms with E-state index in [0.717, 1.165) is 16.5 Å². The molecule has 4 aromatic rings. The van der Waals surface area contributed by atoms with Gasteiger partial charge in [-0.2, -0.15) is 5.10 Å². The summed E-state index contributed by atoms with van der Waals surface area (Å²) in [6.07, 6.45) is 5.30. The summed E-state index contributed by atoms with van der Waals surface area (Å²) in [6, 6.07) is 15.1. The van der Waals surface area contributed by atoms with E-state index in [4.69, 9.17) is 4.42 Å². The molecule has 0 spiro atoms. The van der Waals surface area contributed by atoms with E-state index >= 15 is 0 Å². The molecule has 6 nitrogen and oxygen atoms in total. The molecule has 0 saturated heterocycles. The van der Waals surface area contributed by atoms with Gasteiger partial charge < -0.3 is 9.73 Å². The van der Waals surface area contributed by atoms with Gasteiger partial charge in [-0.05, 0) is 29.8 Å². The molecule has 6 heteroatoms. The van der Waals surface area contributed by atoms with Gasteiger partial charge in [0.2, 0.25) is 0 Å². The Morgan fingerprint density at radius 2 is 2.00 bits per heavy atom. The van der Waals surface area contributed by atoms with E-state index in [-0.39, 0.29) is 11.7 Å². The van der Waals surface area contributed by atoms with Crippen molar-refractivity contribution in [2.24, 2.45) is 0 Å². The fourth-order valence-electron chi connectivity index (χ4n) is 2.71. The van der Waals surface area contributed by atoms with Crippen LogP contribution in [0.4, 0.5) is 0 Å². The summed E-state index contributed by atoms with van der Waals surface area (Å²) < 4.78 is 7.34. The van der Waals surface area contributed by atoms with Crippen LogP contribution in [0.5, 0.6) is 0 Å². The molecule has 3 heterocycles. The normalized spacial score (nSPS) is 10.9. The number of fused-ring (bicyclic) bond motifs is 1. The molecule has 0 aliphatic carbocycles. The molecule has 0 fully saturated rings. The number of rotatable bonds is 5. The van der Waals surface area contributed by atoms with E-state index in [9.17, 15) is 4.79 Å². The minimum Gasteiger partial charge on any atom is -0.454 e. The summed E-state index contributed by atoms with van der Waals surface area (Å²) in [4.78, 5) is 16.7. The summed E-state index contributed by atoms with van der Waals surface area (Å²) >= 11 is 0. The Kier molecular flexibility index (Phi) is 4.00. The molecule has 0 bridgehead atoms. The second-order valence-corrected chi connectivity index (χ2v) is 5.64. The van der Waals surface area contributed by atoms with E-state index in [1.54, 1.807) is 29.2 Å². The molecule has 0 radical (unpaired) electrons. The van der Waals surface area contributed by atoms with Crippen molar-refractivity contribution in [3.05, 3.63) is 84.2 Å². The fourth-order valence-corrected chi connectivity index (χ4v) is 2.71. The third kappa shape index (κ3) is 3.28. The molecule has 1 N–H and O–H groups in total. The Hall–Kier alpha value is -3.41. The first-order chi connectivity index (χ1) is 12.3. The Bertz CT molecular complexity index is 1000. The maximum absolute atomic E-state index is 12.3. The Labute approximate surface area is 144 Å². The van der Waals surface area contributed by atoms with Gasteiger partial charge in [0.15, 0.2) is 5.76 Å². The Morgan fingerprint density at radius 1 is 1.08 bits per heavy atom. The number of carbonyl (C=O) groups is 1. The second-order valence-electron chi connectivity index (χ2n) is 5.64. The Balaban J connectivity index is 1.44. The first-order valence-corrected chi connectivity index (χ1v) is 7.96. The second kappa shape index (κ2) is 6.60. The SMILES string of the molecule is O=C(NCc1cccc2cccnc12)c1ccc(Cn2cccn2)o1. The molecule has 3 aromatic heterocycles. The van der Waals surface area contributed by atoms with Gasteiger partial charge in [0.25, 0.3) is 5.91 Å². The number of aromatic nitrogens is 3. The van der Waals surface area contributed by atoms with Gasteiger partial charge in [-0.25, -0.2) is 0 Å². The zero-order valence-electron chi connectivity index (χ0n) is 13.4. The quantitative estimate of drug-likeness (QED) is 0.610. The van der Waals surface area contributed by atoms with Crippen LogP contribution in [0.15, 0.2) is 71.5 Å². The monoisotopic (exact) mass is 332 g/mol. The van der Waals surface area contributed by atoms with Crippen LogP contribution in [0, 0.1) is 0 Å². The van der Waals surface area contributed by atoms with Crippen molar-refractivity contribution in [1.29, 1.82) is 0 Å². The third-order valence-corrected chi connectivity index (χ3v) is 3.92. The van der Waals surface area contributed by atoms with Gasteiger partial charge in [-0.1, -0.05) is 24.3 Å². The highest BCUT2D eigenvalue weighted by Crippen LogP contribution is 2.16. The van der Waals surface area contributed by atoms with Crippen molar-refractivity contribution < 1.29 is 9.21 Å². The van der Waals surface area contributed by atoms with Crippen LogP contribution in [0.25, 0.3) is 10.9 Å². The van der Waals surface area contributed by atoms with Crippen LogP contribution in [0.1, 0.15) is 21.9 Å². The van der Waals surface area contributed by atoms with Gasteiger partial charge in [-0.3, -0.25) is 14.5 Å². The maximum atomic E-state index is 12.3. The van der Waals surface area contributed by atoms with Crippen molar-refractivity contribution in [1.82, 2.24) is 20.1 Å². The van der Waals surface area contributed by atoms with Crippen molar-refractivity contribution in [3.63, 3.8) is 0 Å². The summed E-state index contributed by atoms with van der Waals surface area (Å²) in [5.74, 6) is 0.718. The van der Waals surface area contributed by atoms with Crippen LogP contribution >= 0.6 is 0 Å². The van der Waals surface area contributed by atoms with E-state index in [0.29, 0.717) is 18.8 Å². The first-order valence-electron chi connectivity index (χ1n) is 7.96. The average Bonchev–Trinajstić information content (AvgIpc) is 3.32. The van der Waals surface area contributed by atoms with Gasteiger partial charge in [0.1, 0.15) is 5.76 Å². The van der Waals surface area contributed by atoms with Crippen molar-refractivity contribution in [3.8, 4) is 0 Å². The van der Waals surface area contributed by atoms with Crippen LogP contribution in [-0.2, 0) is 13.1 Å². The molecule has 0 aliphatic rings. The molecule has 4 rings (SSSR count). The lowest BCUT2D eigenvalue weighted by atomic mass is 10.1. The number of benzene rings is 1. The number of para-hydroxylation sites is 1. The summed E-state index contributed by atoms with van der Waals surface area (Å²) in [5.41, 5.74) is 1.86. The highest BCUT2D eigenvalue weighted by molar-refractivity contribution is 5.91. The number of carbonyl (C=O) groups excluding carboxylic acids is 1. The molecular weight excluding hydrogens is 316 g/mol. The number of hydrogen-bond acceptors (Lipinski definition) is 4. The third-order valence-electron chi connectivity index (χ3n) is 3.92. The van der Waals surface area contributed by atoms with Crippen molar-refractivity contribution >= 4 is 16.8 Å². The number of hydrogen-bond donors (Lipinski definition) is 1. The maximum Gasteiger partial charge on any atom is 0.287 e. The highest BCUT2D eigenvalue weighted by Gasteiger charge is 2.12. The van der Waals surface area contributed by atoms with Crippen molar-refractivity contribution in [2.75, 3.05) is 0 Å². The first kappa shape index (κ1) is 15.1. The van der Waals surface area contributed by atoms with Gasteiger partial charge in [0.05, 0.1) is 12.1 Å². The van der Waals surface area contributed by atoms with Gasteiger partial charge in [-0.15, -0.1) is 0 Å². The standard InChI is InChI=1S/C19H16N4O2/c24-19(17-8-7-16(25-17)13-23-11-3-10-22-23)21-12-15-5-1-4-14-6-2-9-20-18(14)15/h1-11H,12-13H2,(H,21,24). The van der Waals surface area contributed by atoms with Crippen LogP contribution in [0.2, 0.25) is 0 Å². The van der Waals surface area contributed by atoms with Crippen LogP contribution < -0.4 is 5.32 Å². The highest BCUT2D eigenvalue weighted by atomic mass is 16.4. The molecule has 1 amide bonds. The van der Waals surface area contributed by atoms with E-state index in [1.165, 1.54) is 0 Å². The number of nitrogens with one attached hydrogen (secondary N) is 1. The summed E-state index contributed by atoms with van der Waals surface area (Å²) in [7, 11) is 0. The van der Waals surface area contributed by atoms with Crippen LogP contribution in [-0.4, -0.2) is 20.7 Å². The van der Waals surface area contributed by atoms with Crippen LogP contribution in [0.3, 0.4) is 0 Å². The zero-order valence-corrected chi connectivity index (χ0v) is 13.4. The number of furan rings is 1. The molecule has 124 valence electrons. The van der Waals surface area contributed by atoms with Crippen molar-refractivity contribution in [2.45, 2.75) is 13.1 Å². The lowest BCUT2D eigenvalue weighted by molar-refractivity contribution is 0.0921. The molecule has 25 heavy (non-hydrogen) atoms. The minimum absolute atomic E-state index is 0.250. The molecule has 0 atom stereocenters. The predicted molar refractivity (Wildman–Crippen MR) is 93.0 cm³/mol. The average molecular weight is 332 g/mol. The molecule has 0 aliphatic heterocycles. The Morgan fingerprint density at radius 3 is 2.88 bits per heavy atom. The topological polar surface area (TPSA) is 73.0 Å². The molecule has 0 saturated carbocycles. The van der Waals surface area contributed by atoms with Gasteiger partial charge >= 0.3 is 0 Å². The molecule has 1 aromatic carbocycles. The minimum atomic E-state index is -0.250. The van der Waals surface area contributed by atoms with Gasteiger partial charge in [0, 0.05) is 30.5 Å². The van der Waals surface area contributed by atoms with E-state index in [2.05, 4.69) is 15.4 Å². The lowest BCUT2D eigenvalue weighted by Crippen LogP contribution is -2.22. The zero-order chi connectivity index (χ0) is 17.1. The fraction of sp³-hybridized carbons (Fsp3) is 0.105. The number of amides is 1. The summed E-state index contributed by atoms with van der Waals surface area (Å²) in [5, 5.41) is 8.05. The molecular formula is C19H16N4O2. The number of nitrogens with zero attached hydrogens (tertiary/aromatic N) is 3. The van der Waals surface area contributed by atoms with E-state index < -0.39 is 0 Å². The summed E-state index contributed by atoms with van der Waals surface area (Å²) in [6.45, 7) is 0.885. The predicted octanol–water partition coefficient (Wildman–Crippen LogP) is 3.00.